The summed E-state index contributed by atoms with van der Waals surface area (Å²) < 4.78 is 130. The molecule has 5 aromatic rings. The lowest BCUT2D eigenvalue weighted by Gasteiger charge is -2.12. The normalized spacial score (nSPS) is 11.4. The van der Waals surface area contributed by atoms with Crippen molar-refractivity contribution in [3.05, 3.63) is 125 Å². The molecule has 0 saturated heterocycles. The highest BCUT2D eigenvalue weighted by Gasteiger charge is 2.24. The minimum atomic E-state index is -4.94. The Hall–Kier alpha value is -4.91. The minimum Gasteiger partial charge on any atom is -0.483 e. The fourth-order valence-electron chi connectivity index (χ4n) is 4.33. The van der Waals surface area contributed by atoms with Gasteiger partial charge in [0.25, 0.3) is 0 Å². The molecule has 5 aromatic carbocycles. The summed E-state index contributed by atoms with van der Waals surface area (Å²) >= 11 is 0. The standard InChI is InChI=1S/C32H15F9O/c33-25-4-2-1-3-21(25)20-14-28(36)31(29(37)15-20)42-16-17-5-7-22(26(34)11-17)18-6-8-23-19(12-18)13-27(35)24(30(23)38)9-10-32(39,40)41/h1-8,11-15H,16H2. The Balaban J connectivity index is 1.37. The molecule has 0 amide bonds. The van der Waals surface area contributed by atoms with Gasteiger partial charge in [0, 0.05) is 22.4 Å². The van der Waals surface area contributed by atoms with Crippen LogP contribution in [0, 0.1) is 46.7 Å². The first kappa shape index (κ1) is 28.6. The molecule has 0 saturated carbocycles. The van der Waals surface area contributed by atoms with Crippen LogP contribution in [0.15, 0.2) is 78.9 Å². The number of hydrogen-bond donors (Lipinski definition) is 0. The first-order chi connectivity index (χ1) is 19.9. The topological polar surface area (TPSA) is 9.23 Å². The van der Waals surface area contributed by atoms with Crippen LogP contribution in [0.25, 0.3) is 33.0 Å². The molecule has 0 bridgehead atoms. The van der Waals surface area contributed by atoms with Gasteiger partial charge in [0.15, 0.2) is 17.4 Å². The predicted octanol–water partition coefficient (Wildman–Crippen LogP) is 9.50. The number of halogens is 9. The van der Waals surface area contributed by atoms with Crippen molar-refractivity contribution in [2.45, 2.75) is 12.8 Å². The molecule has 42 heavy (non-hydrogen) atoms. The maximum Gasteiger partial charge on any atom is 0.458 e. The predicted molar refractivity (Wildman–Crippen MR) is 138 cm³/mol. The third-order valence-electron chi connectivity index (χ3n) is 6.27. The smallest absolute Gasteiger partial charge is 0.458 e. The number of hydrogen-bond acceptors (Lipinski definition) is 1. The molecule has 5 rings (SSSR count). The quantitative estimate of drug-likeness (QED) is 0.147. The second-order valence-electron chi connectivity index (χ2n) is 9.08. The van der Waals surface area contributed by atoms with Gasteiger partial charge < -0.3 is 4.74 Å². The number of fused-ring (bicyclic) bond motifs is 1. The zero-order chi connectivity index (χ0) is 30.2. The molecule has 0 aliphatic carbocycles. The van der Waals surface area contributed by atoms with Crippen molar-refractivity contribution < 1.29 is 44.3 Å². The van der Waals surface area contributed by atoms with E-state index in [-0.39, 0.29) is 38.6 Å². The lowest BCUT2D eigenvalue weighted by atomic mass is 9.98. The molecule has 10 heteroatoms. The Morgan fingerprint density at radius 2 is 1.31 bits per heavy atom. The molecule has 0 aromatic heterocycles. The molecule has 0 heterocycles. The summed E-state index contributed by atoms with van der Waals surface area (Å²) in [5.41, 5.74) is -0.687. The van der Waals surface area contributed by atoms with Gasteiger partial charge in [-0.3, -0.25) is 0 Å². The van der Waals surface area contributed by atoms with Gasteiger partial charge in [-0.2, -0.15) is 13.2 Å². The SMILES string of the molecule is Fc1ccccc1-c1cc(F)c(OCc2ccc(-c3ccc4c(F)c(C#CC(F)(F)F)c(F)cc4c3)c(F)c2)c(F)c1. The average Bonchev–Trinajstić information content (AvgIpc) is 2.92. The van der Waals surface area contributed by atoms with Gasteiger partial charge in [-0.05, 0) is 58.5 Å². The summed E-state index contributed by atoms with van der Waals surface area (Å²) in [5.74, 6) is -4.69. The van der Waals surface area contributed by atoms with Crippen LogP contribution in [0.1, 0.15) is 11.1 Å². The molecule has 0 unspecified atom stereocenters. The van der Waals surface area contributed by atoms with Crippen LogP contribution in [0.5, 0.6) is 5.75 Å². The highest BCUT2D eigenvalue weighted by atomic mass is 19.4. The van der Waals surface area contributed by atoms with E-state index in [1.807, 2.05) is 0 Å². The highest BCUT2D eigenvalue weighted by molar-refractivity contribution is 5.89. The number of benzene rings is 5. The summed E-state index contributed by atoms with van der Waals surface area (Å²) in [6.45, 7) is -0.431. The Labute approximate surface area is 232 Å². The van der Waals surface area contributed by atoms with Crippen LogP contribution in [0.4, 0.5) is 39.5 Å². The van der Waals surface area contributed by atoms with Crippen molar-refractivity contribution in [3.8, 4) is 39.8 Å². The fraction of sp³-hybridized carbons (Fsp3) is 0.0625. The molecular weight excluding hydrogens is 571 g/mol. The van der Waals surface area contributed by atoms with Gasteiger partial charge in [-0.1, -0.05) is 48.4 Å². The van der Waals surface area contributed by atoms with Gasteiger partial charge in [0.1, 0.15) is 29.9 Å². The molecule has 0 aliphatic rings. The first-order valence-electron chi connectivity index (χ1n) is 12.1. The molecule has 0 radical (unpaired) electrons. The molecule has 212 valence electrons. The maximum atomic E-state index is 15.0. The second kappa shape index (κ2) is 11.2. The molecule has 0 aliphatic heterocycles. The summed E-state index contributed by atoms with van der Waals surface area (Å²) in [7, 11) is 0. The van der Waals surface area contributed by atoms with Crippen LogP contribution < -0.4 is 4.74 Å². The zero-order valence-electron chi connectivity index (χ0n) is 21.0. The molecule has 1 nitrogen and oxygen atoms in total. The van der Waals surface area contributed by atoms with E-state index in [9.17, 15) is 35.1 Å². The largest absolute Gasteiger partial charge is 0.483 e. The van der Waals surface area contributed by atoms with E-state index >= 15 is 4.39 Å². The molecule has 0 atom stereocenters. The summed E-state index contributed by atoms with van der Waals surface area (Å²) in [6.07, 6.45) is -4.94. The lowest BCUT2D eigenvalue weighted by molar-refractivity contribution is -0.0696. The van der Waals surface area contributed by atoms with Crippen LogP contribution >= 0.6 is 0 Å². The number of rotatable bonds is 5. The van der Waals surface area contributed by atoms with Gasteiger partial charge in [0.05, 0.1) is 5.56 Å². The van der Waals surface area contributed by atoms with Gasteiger partial charge in [-0.15, -0.1) is 0 Å². The maximum absolute atomic E-state index is 15.0. The Morgan fingerprint density at radius 1 is 0.619 bits per heavy atom. The zero-order valence-corrected chi connectivity index (χ0v) is 21.0. The van der Waals surface area contributed by atoms with Crippen LogP contribution in [-0.4, -0.2) is 6.18 Å². The van der Waals surface area contributed by atoms with Gasteiger partial charge >= 0.3 is 6.18 Å². The molecule has 0 N–H and O–H groups in total. The minimum absolute atomic E-state index is 0.00533. The first-order valence-corrected chi connectivity index (χ1v) is 12.1. The summed E-state index contributed by atoms with van der Waals surface area (Å²) in [6, 6.07) is 15.5. The Bertz CT molecular complexity index is 1880. The average molecular weight is 586 g/mol. The summed E-state index contributed by atoms with van der Waals surface area (Å²) in [5, 5.41) is -0.265. The van der Waals surface area contributed by atoms with Crippen molar-refractivity contribution in [1.29, 1.82) is 0 Å². The molecule has 0 spiro atoms. The Kier molecular flexibility index (Phi) is 7.61. The highest BCUT2D eigenvalue weighted by Crippen LogP contribution is 2.33. The van der Waals surface area contributed by atoms with Crippen LogP contribution in [0.2, 0.25) is 0 Å². The van der Waals surface area contributed by atoms with Crippen molar-refractivity contribution in [3.63, 3.8) is 0 Å². The van der Waals surface area contributed by atoms with Crippen molar-refractivity contribution in [1.82, 2.24) is 0 Å². The monoisotopic (exact) mass is 586 g/mol. The van der Waals surface area contributed by atoms with Crippen LogP contribution in [-0.2, 0) is 6.61 Å². The Morgan fingerprint density at radius 3 is 1.98 bits per heavy atom. The van der Waals surface area contributed by atoms with Gasteiger partial charge in [-0.25, -0.2) is 26.3 Å². The van der Waals surface area contributed by atoms with E-state index in [4.69, 9.17) is 4.74 Å². The van der Waals surface area contributed by atoms with Crippen molar-refractivity contribution >= 4 is 10.8 Å². The van der Waals surface area contributed by atoms with E-state index in [0.29, 0.717) is 0 Å². The number of alkyl halides is 3. The summed E-state index contributed by atoms with van der Waals surface area (Å²) in [4.78, 5) is 0. The van der Waals surface area contributed by atoms with E-state index < -0.39 is 59.0 Å². The molecule has 0 fully saturated rings. The van der Waals surface area contributed by atoms with Crippen molar-refractivity contribution in [2.24, 2.45) is 0 Å². The van der Waals surface area contributed by atoms with E-state index in [0.717, 1.165) is 42.3 Å². The second-order valence-corrected chi connectivity index (χ2v) is 9.08. The van der Waals surface area contributed by atoms with Crippen molar-refractivity contribution in [2.75, 3.05) is 0 Å². The number of ether oxygens (including phenoxy) is 1. The van der Waals surface area contributed by atoms with E-state index in [1.54, 1.807) is 0 Å². The fourth-order valence-corrected chi connectivity index (χ4v) is 4.33. The van der Waals surface area contributed by atoms with Crippen LogP contribution in [0.3, 0.4) is 0 Å². The van der Waals surface area contributed by atoms with E-state index in [1.165, 1.54) is 48.4 Å². The third kappa shape index (κ3) is 5.91. The van der Waals surface area contributed by atoms with E-state index in [2.05, 4.69) is 0 Å². The molecular formula is C32H15F9O. The van der Waals surface area contributed by atoms with Gasteiger partial charge in [0.2, 0.25) is 0 Å². The lowest BCUT2D eigenvalue weighted by Crippen LogP contribution is -2.02. The third-order valence-corrected chi connectivity index (χ3v) is 6.27.